The van der Waals surface area contributed by atoms with Crippen LogP contribution in [0.1, 0.15) is 22.4 Å². The molecule has 19 heavy (non-hydrogen) atoms. The first kappa shape index (κ1) is 14.0. The maximum atomic E-state index is 13.5. The standard InChI is InChI=1S/C14H17FN2OS/c1-3-16-7-11-4-12(15)6-13(5-11)18-9-14-8-17-10(2)19-14/h4-6,8,16H,3,7,9H2,1-2H3. The minimum absolute atomic E-state index is 0.272. The third kappa shape index (κ3) is 4.29. The fourth-order valence-corrected chi connectivity index (χ4v) is 2.41. The topological polar surface area (TPSA) is 34.1 Å². The monoisotopic (exact) mass is 280 g/mol. The lowest BCUT2D eigenvalue weighted by molar-refractivity contribution is 0.307. The van der Waals surface area contributed by atoms with Crippen molar-refractivity contribution < 1.29 is 9.13 Å². The van der Waals surface area contributed by atoms with Crippen molar-refractivity contribution in [3.05, 3.63) is 45.7 Å². The first-order valence-corrected chi connectivity index (χ1v) is 7.03. The molecule has 3 nitrogen and oxygen atoms in total. The highest BCUT2D eigenvalue weighted by molar-refractivity contribution is 7.11. The molecule has 0 radical (unpaired) electrons. The Balaban J connectivity index is 2.01. The summed E-state index contributed by atoms with van der Waals surface area (Å²) in [6, 6.07) is 4.79. The summed E-state index contributed by atoms with van der Waals surface area (Å²) in [4.78, 5) is 5.20. The maximum Gasteiger partial charge on any atom is 0.127 e. The van der Waals surface area contributed by atoms with E-state index < -0.39 is 0 Å². The Kier molecular flexibility index (Phi) is 4.87. The predicted octanol–water partition coefficient (Wildman–Crippen LogP) is 3.28. The van der Waals surface area contributed by atoms with Gasteiger partial charge in [0.15, 0.2) is 0 Å². The number of nitrogens with one attached hydrogen (secondary N) is 1. The van der Waals surface area contributed by atoms with Crippen molar-refractivity contribution >= 4 is 11.3 Å². The van der Waals surface area contributed by atoms with Gasteiger partial charge in [-0.1, -0.05) is 6.92 Å². The molecule has 0 aliphatic carbocycles. The number of thiazole rings is 1. The van der Waals surface area contributed by atoms with Gasteiger partial charge in [-0.15, -0.1) is 11.3 Å². The fraction of sp³-hybridized carbons (Fsp3) is 0.357. The molecule has 1 aromatic heterocycles. The van der Waals surface area contributed by atoms with Gasteiger partial charge in [0.1, 0.15) is 18.2 Å². The van der Waals surface area contributed by atoms with Crippen LogP contribution >= 0.6 is 11.3 Å². The summed E-state index contributed by atoms with van der Waals surface area (Å²) < 4.78 is 19.1. The Morgan fingerprint density at radius 1 is 1.37 bits per heavy atom. The highest BCUT2D eigenvalue weighted by atomic mass is 32.1. The van der Waals surface area contributed by atoms with Gasteiger partial charge in [-0.05, 0) is 31.2 Å². The van der Waals surface area contributed by atoms with E-state index in [1.54, 1.807) is 17.5 Å². The van der Waals surface area contributed by atoms with E-state index in [0.717, 1.165) is 22.0 Å². The van der Waals surface area contributed by atoms with E-state index in [1.807, 2.05) is 19.9 Å². The zero-order valence-electron chi connectivity index (χ0n) is 11.1. The molecule has 0 aliphatic heterocycles. The molecule has 0 unspecified atom stereocenters. The zero-order valence-corrected chi connectivity index (χ0v) is 11.9. The summed E-state index contributed by atoms with van der Waals surface area (Å²) >= 11 is 1.59. The highest BCUT2D eigenvalue weighted by Crippen LogP contribution is 2.19. The van der Waals surface area contributed by atoms with Crippen LogP contribution in [0, 0.1) is 12.7 Å². The van der Waals surface area contributed by atoms with Gasteiger partial charge < -0.3 is 10.1 Å². The molecule has 0 spiro atoms. The molecule has 1 N–H and O–H groups in total. The first-order valence-electron chi connectivity index (χ1n) is 6.21. The van der Waals surface area contributed by atoms with E-state index in [2.05, 4.69) is 10.3 Å². The quantitative estimate of drug-likeness (QED) is 0.881. The minimum Gasteiger partial charge on any atom is -0.488 e. The molecule has 0 fully saturated rings. The summed E-state index contributed by atoms with van der Waals surface area (Å²) in [5.74, 6) is 0.282. The van der Waals surface area contributed by atoms with Crippen LogP contribution in [0.25, 0.3) is 0 Å². The van der Waals surface area contributed by atoms with E-state index in [-0.39, 0.29) is 5.82 Å². The van der Waals surface area contributed by atoms with Gasteiger partial charge in [-0.2, -0.15) is 0 Å². The van der Waals surface area contributed by atoms with Gasteiger partial charge in [0, 0.05) is 18.8 Å². The third-order valence-corrected chi connectivity index (χ3v) is 3.45. The lowest BCUT2D eigenvalue weighted by Gasteiger charge is -2.08. The predicted molar refractivity (Wildman–Crippen MR) is 75.0 cm³/mol. The van der Waals surface area contributed by atoms with Crippen molar-refractivity contribution in [2.75, 3.05) is 6.54 Å². The van der Waals surface area contributed by atoms with E-state index in [1.165, 1.54) is 12.1 Å². The molecule has 0 amide bonds. The number of aromatic nitrogens is 1. The van der Waals surface area contributed by atoms with Crippen LogP contribution in [0.15, 0.2) is 24.4 Å². The molecule has 2 aromatic rings. The lowest BCUT2D eigenvalue weighted by Crippen LogP contribution is -2.12. The Hall–Kier alpha value is -1.46. The second-order valence-electron chi connectivity index (χ2n) is 4.21. The van der Waals surface area contributed by atoms with Crippen molar-refractivity contribution in [2.24, 2.45) is 0 Å². The van der Waals surface area contributed by atoms with Crippen LogP contribution in [-0.2, 0) is 13.2 Å². The van der Waals surface area contributed by atoms with Crippen molar-refractivity contribution in [3.63, 3.8) is 0 Å². The van der Waals surface area contributed by atoms with Crippen LogP contribution in [0.5, 0.6) is 5.75 Å². The van der Waals surface area contributed by atoms with Gasteiger partial charge >= 0.3 is 0 Å². The van der Waals surface area contributed by atoms with Gasteiger partial charge in [0.25, 0.3) is 0 Å². The SMILES string of the molecule is CCNCc1cc(F)cc(OCc2cnc(C)s2)c1. The van der Waals surface area contributed by atoms with Gasteiger partial charge in [-0.3, -0.25) is 0 Å². The zero-order chi connectivity index (χ0) is 13.7. The lowest BCUT2D eigenvalue weighted by atomic mass is 10.2. The van der Waals surface area contributed by atoms with E-state index in [4.69, 9.17) is 4.74 Å². The summed E-state index contributed by atoms with van der Waals surface area (Å²) in [7, 11) is 0. The number of aryl methyl sites for hydroxylation is 1. The van der Waals surface area contributed by atoms with Crippen molar-refractivity contribution in [1.29, 1.82) is 0 Å². The van der Waals surface area contributed by atoms with E-state index >= 15 is 0 Å². The molecule has 0 atom stereocenters. The van der Waals surface area contributed by atoms with Crippen LogP contribution in [0.2, 0.25) is 0 Å². The fourth-order valence-electron chi connectivity index (χ4n) is 1.70. The average molecular weight is 280 g/mol. The normalized spacial score (nSPS) is 10.7. The average Bonchev–Trinajstić information content (AvgIpc) is 2.79. The second-order valence-corrected chi connectivity index (χ2v) is 5.53. The number of ether oxygens (including phenoxy) is 1. The Bertz CT molecular complexity index is 542. The van der Waals surface area contributed by atoms with Crippen LogP contribution < -0.4 is 10.1 Å². The smallest absolute Gasteiger partial charge is 0.127 e. The van der Waals surface area contributed by atoms with Gasteiger partial charge in [0.2, 0.25) is 0 Å². The summed E-state index contributed by atoms with van der Waals surface area (Å²) in [6.45, 7) is 5.89. The molecule has 2 rings (SSSR count). The minimum atomic E-state index is -0.272. The van der Waals surface area contributed by atoms with Gasteiger partial charge in [-0.25, -0.2) is 9.37 Å². The summed E-state index contributed by atoms with van der Waals surface area (Å²) in [6.07, 6.45) is 1.79. The number of nitrogens with zero attached hydrogens (tertiary/aromatic N) is 1. The van der Waals surface area contributed by atoms with Crippen LogP contribution in [-0.4, -0.2) is 11.5 Å². The summed E-state index contributed by atoms with van der Waals surface area (Å²) in [5.41, 5.74) is 0.886. The molecule has 1 heterocycles. The number of hydrogen-bond donors (Lipinski definition) is 1. The molecular weight excluding hydrogens is 263 g/mol. The molecule has 0 saturated carbocycles. The molecule has 0 aliphatic rings. The number of benzene rings is 1. The maximum absolute atomic E-state index is 13.5. The van der Waals surface area contributed by atoms with Crippen LogP contribution in [0.3, 0.4) is 0 Å². The van der Waals surface area contributed by atoms with Gasteiger partial charge in [0.05, 0.1) is 9.88 Å². The third-order valence-electron chi connectivity index (χ3n) is 2.56. The largest absolute Gasteiger partial charge is 0.488 e. The van der Waals surface area contributed by atoms with E-state index in [0.29, 0.717) is 18.9 Å². The number of hydrogen-bond acceptors (Lipinski definition) is 4. The Morgan fingerprint density at radius 2 is 2.21 bits per heavy atom. The van der Waals surface area contributed by atoms with E-state index in [9.17, 15) is 4.39 Å². The molecule has 0 bridgehead atoms. The molecule has 0 saturated heterocycles. The number of rotatable bonds is 6. The Labute approximate surface area is 116 Å². The second kappa shape index (κ2) is 6.63. The number of halogens is 1. The molecular formula is C14H17FN2OS. The molecule has 102 valence electrons. The van der Waals surface area contributed by atoms with Crippen LogP contribution in [0.4, 0.5) is 4.39 Å². The molecule has 5 heteroatoms. The van der Waals surface area contributed by atoms with Crippen molar-refractivity contribution in [3.8, 4) is 5.75 Å². The summed E-state index contributed by atoms with van der Waals surface area (Å²) in [5, 5.41) is 4.17. The highest BCUT2D eigenvalue weighted by Gasteiger charge is 2.04. The van der Waals surface area contributed by atoms with Crippen molar-refractivity contribution in [1.82, 2.24) is 10.3 Å². The van der Waals surface area contributed by atoms with Crippen molar-refractivity contribution in [2.45, 2.75) is 27.0 Å². The Morgan fingerprint density at radius 3 is 2.89 bits per heavy atom. The first-order chi connectivity index (χ1) is 9.17. The molecule has 1 aromatic carbocycles.